The fourth-order valence-electron chi connectivity index (χ4n) is 4.96. The number of nitrogens with one attached hydrogen (secondary N) is 2. The summed E-state index contributed by atoms with van der Waals surface area (Å²) in [5, 5.41) is 15.1. The van der Waals surface area contributed by atoms with Crippen molar-refractivity contribution in [1.29, 1.82) is 5.26 Å². The average molecular weight is 451 g/mol. The maximum Gasteiger partial charge on any atom is 0.229 e. The number of aromatic nitrogens is 2. The van der Waals surface area contributed by atoms with Gasteiger partial charge in [0.05, 0.1) is 29.1 Å². The zero-order chi connectivity index (χ0) is 23.1. The van der Waals surface area contributed by atoms with Crippen LogP contribution in [0.5, 0.6) is 5.88 Å². The van der Waals surface area contributed by atoms with Crippen molar-refractivity contribution >= 4 is 0 Å². The van der Waals surface area contributed by atoms with Crippen LogP contribution in [0.15, 0.2) is 94.9 Å². The van der Waals surface area contributed by atoms with E-state index in [0.29, 0.717) is 29.5 Å². The third-order valence-corrected chi connectivity index (χ3v) is 6.46. The lowest BCUT2D eigenvalue weighted by atomic mass is 9.75. The zero-order valence-corrected chi connectivity index (χ0v) is 18.2. The highest BCUT2D eigenvalue weighted by molar-refractivity contribution is 5.67. The molecule has 4 N–H and O–H groups in total. The Morgan fingerprint density at radius 2 is 1.79 bits per heavy atom. The Balaban J connectivity index is 1.58. The molecule has 0 aliphatic carbocycles. The van der Waals surface area contributed by atoms with Crippen LogP contribution in [0.2, 0.25) is 0 Å². The molecule has 4 aromatic rings. The molecule has 8 nitrogen and oxygen atoms in total. The molecule has 2 aliphatic heterocycles. The number of hydrazine groups is 1. The number of rotatable bonds is 4. The van der Waals surface area contributed by atoms with Gasteiger partial charge in [-0.3, -0.25) is 5.43 Å². The number of hydrogen-bond donors (Lipinski definition) is 3. The molecule has 2 aromatic carbocycles. The number of benzene rings is 2. The third kappa shape index (κ3) is 3.18. The number of nitriles is 1. The molecule has 1 fully saturated rings. The second-order valence-electron chi connectivity index (χ2n) is 8.34. The number of allylic oxidation sites excluding steroid dienone is 1. The highest BCUT2D eigenvalue weighted by atomic mass is 16.5. The van der Waals surface area contributed by atoms with Crippen molar-refractivity contribution in [3.8, 4) is 29.1 Å². The fraction of sp³-hybridized carbons (Fsp3) is 0.154. The highest BCUT2D eigenvalue weighted by Gasteiger charge is 2.45. The molecular weight excluding hydrogens is 428 g/mol. The van der Waals surface area contributed by atoms with E-state index in [2.05, 4.69) is 29.1 Å². The summed E-state index contributed by atoms with van der Waals surface area (Å²) in [6.07, 6.45) is 1.61. The molecule has 3 atom stereocenters. The molecule has 0 bridgehead atoms. The van der Waals surface area contributed by atoms with Crippen molar-refractivity contribution in [3.63, 3.8) is 0 Å². The first kappa shape index (κ1) is 20.3. The van der Waals surface area contributed by atoms with Gasteiger partial charge in [-0.15, -0.1) is 0 Å². The van der Waals surface area contributed by atoms with E-state index in [-0.39, 0.29) is 23.8 Å². The topological polar surface area (TPSA) is 114 Å². The molecule has 3 unspecified atom stereocenters. The summed E-state index contributed by atoms with van der Waals surface area (Å²) >= 11 is 0. The average Bonchev–Trinajstić information content (AvgIpc) is 3.64. The zero-order valence-electron chi connectivity index (χ0n) is 18.2. The predicted octanol–water partition coefficient (Wildman–Crippen LogP) is 3.77. The molecular formula is C26H22N6O2. The van der Waals surface area contributed by atoms with Gasteiger partial charge in [0.1, 0.15) is 11.8 Å². The van der Waals surface area contributed by atoms with E-state index in [4.69, 9.17) is 20.0 Å². The van der Waals surface area contributed by atoms with Gasteiger partial charge in [-0.1, -0.05) is 48.5 Å². The second kappa shape index (κ2) is 8.23. The monoisotopic (exact) mass is 450 g/mol. The largest absolute Gasteiger partial charge is 0.463 e. The number of fused-ring (bicyclic) bond motifs is 1. The molecule has 8 heteroatoms. The minimum absolute atomic E-state index is 0.0274. The van der Waals surface area contributed by atoms with E-state index in [0.717, 1.165) is 16.8 Å². The van der Waals surface area contributed by atoms with Crippen LogP contribution in [0.25, 0.3) is 17.1 Å². The van der Waals surface area contributed by atoms with Gasteiger partial charge in [0.25, 0.3) is 0 Å². The van der Waals surface area contributed by atoms with E-state index in [9.17, 15) is 5.26 Å². The van der Waals surface area contributed by atoms with E-state index in [1.807, 2.05) is 60.7 Å². The van der Waals surface area contributed by atoms with E-state index in [1.54, 1.807) is 10.9 Å². The van der Waals surface area contributed by atoms with Gasteiger partial charge >= 0.3 is 0 Å². The maximum atomic E-state index is 10.2. The fourth-order valence-corrected chi connectivity index (χ4v) is 4.96. The Morgan fingerprint density at radius 1 is 1.03 bits per heavy atom. The van der Waals surface area contributed by atoms with E-state index >= 15 is 0 Å². The van der Waals surface area contributed by atoms with Crippen molar-refractivity contribution < 1.29 is 9.15 Å². The first-order chi connectivity index (χ1) is 16.8. The van der Waals surface area contributed by atoms with Crippen molar-refractivity contribution in [2.24, 2.45) is 11.7 Å². The summed E-state index contributed by atoms with van der Waals surface area (Å²) in [6.45, 7) is 0.635. The molecule has 6 rings (SSSR count). The SMILES string of the molecule is N#CC1=C(N)Oc2c(c(-c3ccco3)nn2-c2ccccc2)C1C1CNNC1c1ccccc1. The standard InChI is InChI=1S/C26H22N6O2/c27-14-18-21(19-15-29-30-23(19)16-8-3-1-4-9-16)22-24(20-12-7-13-33-20)31-32(26(22)34-25(18)28)17-10-5-2-6-11-17/h1-13,19,21,23,29-30H,15,28H2. The van der Waals surface area contributed by atoms with Gasteiger partial charge in [0, 0.05) is 18.4 Å². The number of furan rings is 1. The molecule has 34 heavy (non-hydrogen) atoms. The summed E-state index contributed by atoms with van der Waals surface area (Å²) in [6, 6.07) is 25.9. The molecule has 1 saturated heterocycles. The number of ether oxygens (including phenoxy) is 1. The van der Waals surface area contributed by atoms with Gasteiger partial charge in [0.15, 0.2) is 5.76 Å². The normalized spacial score (nSPS) is 21.7. The molecule has 2 aromatic heterocycles. The lowest BCUT2D eigenvalue weighted by Gasteiger charge is -2.31. The third-order valence-electron chi connectivity index (χ3n) is 6.46. The number of hydrogen-bond acceptors (Lipinski definition) is 7. The Hall–Kier alpha value is -4.32. The summed E-state index contributed by atoms with van der Waals surface area (Å²) < 4.78 is 13.6. The van der Waals surface area contributed by atoms with Crippen molar-refractivity contribution in [1.82, 2.24) is 20.6 Å². The smallest absolute Gasteiger partial charge is 0.229 e. The van der Waals surface area contributed by atoms with Crippen LogP contribution in [-0.2, 0) is 0 Å². The summed E-state index contributed by atoms with van der Waals surface area (Å²) in [5.41, 5.74) is 16.8. The molecule has 168 valence electrons. The molecule has 0 amide bonds. The van der Waals surface area contributed by atoms with Crippen LogP contribution < -0.4 is 21.3 Å². The summed E-state index contributed by atoms with van der Waals surface area (Å²) in [4.78, 5) is 0. The van der Waals surface area contributed by atoms with Gasteiger partial charge in [-0.2, -0.15) is 15.0 Å². The summed E-state index contributed by atoms with van der Waals surface area (Å²) in [5.74, 6) is 0.812. The Kier molecular flexibility index (Phi) is 4.91. The van der Waals surface area contributed by atoms with Gasteiger partial charge in [-0.05, 0) is 29.8 Å². The van der Waals surface area contributed by atoms with Crippen LogP contribution in [0.1, 0.15) is 23.1 Å². The van der Waals surface area contributed by atoms with Crippen LogP contribution in [0, 0.1) is 17.2 Å². The van der Waals surface area contributed by atoms with E-state index < -0.39 is 0 Å². The van der Waals surface area contributed by atoms with Crippen LogP contribution >= 0.6 is 0 Å². The lowest BCUT2D eigenvalue weighted by molar-refractivity contribution is 0.335. The van der Waals surface area contributed by atoms with Gasteiger partial charge in [-0.25, -0.2) is 5.43 Å². The van der Waals surface area contributed by atoms with Gasteiger partial charge < -0.3 is 14.9 Å². The highest BCUT2D eigenvalue weighted by Crippen LogP contribution is 2.51. The lowest BCUT2D eigenvalue weighted by Crippen LogP contribution is -2.30. The Morgan fingerprint density at radius 3 is 2.50 bits per heavy atom. The van der Waals surface area contributed by atoms with Crippen molar-refractivity contribution in [2.45, 2.75) is 12.0 Å². The number of para-hydroxylation sites is 1. The first-order valence-corrected chi connectivity index (χ1v) is 11.1. The van der Waals surface area contributed by atoms with Crippen LogP contribution in [0.3, 0.4) is 0 Å². The minimum Gasteiger partial charge on any atom is -0.463 e. The predicted molar refractivity (Wildman–Crippen MR) is 125 cm³/mol. The first-order valence-electron chi connectivity index (χ1n) is 11.1. The second-order valence-corrected chi connectivity index (χ2v) is 8.34. The van der Waals surface area contributed by atoms with Crippen molar-refractivity contribution in [2.75, 3.05) is 6.54 Å². The Bertz CT molecular complexity index is 1390. The maximum absolute atomic E-state index is 10.2. The quantitative estimate of drug-likeness (QED) is 0.434. The Labute approximate surface area is 196 Å². The molecule has 0 saturated carbocycles. The number of nitrogens with zero attached hydrogens (tertiary/aromatic N) is 3. The molecule has 2 aliphatic rings. The minimum atomic E-state index is -0.362. The van der Waals surface area contributed by atoms with Crippen LogP contribution in [-0.4, -0.2) is 16.3 Å². The van der Waals surface area contributed by atoms with Crippen LogP contribution in [0.4, 0.5) is 0 Å². The van der Waals surface area contributed by atoms with Gasteiger partial charge in [0.2, 0.25) is 11.8 Å². The molecule has 0 radical (unpaired) electrons. The van der Waals surface area contributed by atoms with Crippen molar-refractivity contribution in [3.05, 3.63) is 102 Å². The van der Waals surface area contributed by atoms with E-state index in [1.165, 1.54) is 0 Å². The molecule has 4 heterocycles. The molecule has 0 spiro atoms. The summed E-state index contributed by atoms with van der Waals surface area (Å²) in [7, 11) is 0. The number of nitrogens with two attached hydrogens (primary N) is 1.